The summed E-state index contributed by atoms with van der Waals surface area (Å²) in [5, 5.41) is 12.4. The Morgan fingerprint density at radius 1 is 0.643 bits per heavy atom. The van der Waals surface area contributed by atoms with E-state index in [0.29, 0.717) is 6.42 Å². The Kier molecular flexibility index (Phi) is 29.3. The normalized spacial score (nSPS) is 13.5. The molecule has 0 aliphatic carbocycles. The van der Waals surface area contributed by atoms with Crippen molar-refractivity contribution >= 4 is 19.7 Å². The highest BCUT2D eigenvalue weighted by Crippen LogP contribution is 2.42. The predicted octanol–water partition coefficient (Wildman–Crippen LogP) is 8.15. The van der Waals surface area contributed by atoms with Gasteiger partial charge in [0.15, 0.2) is 0 Å². The molecule has 1 amide bonds. The van der Waals surface area contributed by atoms with E-state index in [1.807, 2.05) is 6.92 Å². The Bertz CT molecular complexity index is 679. The minimum Gasteiger partial charge on any atom is -0.463 e. The van der Waals surface area contributed by atoms with Crippen LogP contribution in [0.3, 0.4) is 0 Å². The Hall–Kier alpha value is -0.990. The quantitative estimate of drug-likeness (QED) is 0.0390. The van der Waals surface area contributed by atoms with E-state index >= 15 is 0 Å². The van der Waals surface area contributed by atoms with E-state index in [4.69, 9.17) is 13.8 Å². The lowest BCUT2D eigenvalue weighted by Crippen LogP contribution is -2.27. The fraction of sp³-hybridized carbons (Fsp3) is 0.938. The number of carbonyl (C=O) groups excluding carboxylic acids is 2. The van der Waals surface area contributed by atoms with Crippen molar-refractivity contribution in [3.8, 4) is 0 Å². The molecule has 2 atom stereocenters. The third-order valence-corrected chi connectivity index (χ3v) is 8.27. The van der Waals surface area contributed by atoms with E-state index in [1.54, 1.807) is 0 Å². The number of nitrogens with one attached hydrogen (secondary N) is 1. The number of carbonyl (C=O) groups is 2. The zero-order valence-corrected chi connectivity index (χ0v) is 27.9. The first-order valence-corrected chi connectivity index (χ1v) is 18.5. The van der Waals surface area contributed by atoms with Gasteiger partial charge in [0.2, 0.25) is 5.91 Å². The number of rotatable bonds is 32. The number of unbranched alkanes of at least 4 members (excludes halogenated alkanes) is 19. The highest BCUT2D eigenvalue weighted by atomic mass is 31.2. The molecule has 0 rings (SSSR count). The summed E-state index contributed by atoms with van der Waals surface area (Å²) in [5.74, 6) is -0.536. The van der Waals surface area contributed by atoms with E-state index in [1.165, 1.54) is 96.3 Å². The number of hydrogen-bond donors (Lipinski definition) is 3. The largest absolute Gasteiger partial charge is 0.472 e. The Labute approximate surface area is 256 Å². The lowest BCUT2D eigenvalue weighted by Gasteiger charge is -2.15. The molecular formula is C32H64NO8P. The Balaban J connectivity index is 3.50. The van der Waals surface area contributed by atoms with E-state index < -0.39 is 26.5 Å². The van der Waals surface area contributed by atoms with Gasteiger partial charge >= 0.3 is 13.8 Å². The number of esters is 1. The molecule has 0 saturated carbocycles. The van der Waals surface area contributed by atoms with Gasteiger partial charge in [-0.3, -0.25) is 18.6 Å². The number of aliphatic hydroxyl groups excluding tert-OH is 1. The average molecular weight is 622 g/mol. The Morgan fingerprint density at radius 2 is 1.07 bits per heavy atom. The van der Waals surface area contributed by atoms with Crippen LogP contribution < -0.4 is 5.32 Å². The van der Waals surface area contributed by atoms with Crippen molar-refractivity contribution in [2.24, 2.45) is 0 Å². The molecule has 0 aliphatic heterocycles. The van der Waals surface area contributed by atoms with Gasteiger partial charge in [0, 0.05) is 19.4 Å². The minimum absolute atomic E-state index is 0.0870. The van der Waals surface area contributed by atoms with Crippen LogP contribution in [-0.4, -0.2) is 54.3 Å². The molecule has 10 heteroatoms. The molecular weight excluding hydrogens is 557 g/mol. The Morgan fingerprint density at radius 3 is 1.57 bits per heavy atom. The van der Waals surface area contributed by atoms with Crippen LogP contribution in [0.2, 0.25) is 0 Å². The lowest BCUT2D eigenvalue weighted by molar-refractivity contribution is -0.147. The van der Waals surface area contributed by atoms with Gasteiger partial charge in [-0.15, -0.1) is 0 Å². The highest BCUT2D eigenvalue weighted by Gasteiger charge is 2.23. The summed E-state index contributed by atoms with van der Waals surface area (Å²) in [6, 6.07) is 0. The SMILES string of the molecule is CCCCCCCCCCCCCCCCCCCCC(=O)NCCOP(=O)(O)OCC(O)COC(=O)CCCCC. The zero-order valence-electron chi connectivity index (χ0n) is 27.0. The summed E-state index contributed by atoms with van der Waals surface area (Å²) in [4.78, 5) is 33.2. The van der Waals surface area contributed by atoms with Crippen LogP contribution in [-0.2, 0) is 27.9 Å². The third kappa shape index (κ3) is 30.5. The fourth-order valence-electron chi connectivity index (χ4n) is 4.67. The fourth-order valence-corrected chi connectivity index (χ4v) is 5.43. The van der Waals surface area contributed by atoms with Crippen LogP contribution in [0.5, 0.6) is 0 Å². The molecule has 0 fully saturated rings. The number of phosphoric acid groups is 1. The summed E-state index contributed by atoms with van der Waals surface area (Å²) < 4.78 is 26.4. The van der Waals surface area contributed by atoms with Crippen LogP contribution in [0.25, 0.3) is 0 Å². The molecule has 42 heavy (non-hydrogen) atoms. The van der Waals surface area contributed by atoms with Crippen LogP contribution in [0.4, 0.5) is 0 Å². The second kappa shape index (κ2) is 30.1. The smallest absolute Gasteiger partial charge is 0.463 e. The standard InChI is InChI=1S/C32H64NO8P/c1-3-5-7-8-9-10-11-12-13-14-15-16-17-18-19-20-21-23-24-31(35)33-26-27-40-42(37,38)41-29-30(34)28-39-32(36)25-22-6-4-2/h30,34H,3-29H2,1-2H3,(H,33,35)(H,37,38). The van der Waals surface area contributed by atoms with Gasteiger partial charge in [-0.25, -0.2) is 4.57 Å². The number of ether oxygens (including phenoxy) is 1. The van der Waals surface area contributed by atoms with Crippen molar-refractivity contribution in [2.45, 2.75) is 168 Å². The van der Waals surface area contributed by atoms with Gasteiger partial charge in [-0.05, 0) is 12.8 Å². The van der Waals surface area contributed by atoms with Gasteiger partial charge in [0.1, 0.15) is 12.7 Å². The molecule has 2 unspecified atom stereocenters. The van der Waals surface area contributed by atoms with E-state index in [2.05, 4.69) is 12.2 Å². The van der Waals surface area contributed by atoms with E-state index in [-0.39, 0.29) is 32.1 Å². The molecule has 0 radical (unpaired) electrons. The molecule has 0 aromatic rings. The van der Waals surface area contributed by atoms with Gasteiger partial charge in [-0.1, -0.05) is 136 Å². The highest BCUT2D eigenvalue weighted by molar-refractivity contribution is 7.47. The molecule has 3 N–H and O–H groups in total. The maximum atomic E-state index is 12.0. The van der Waals surface area contributed by atoms with Gasteiger partial charge in [0.05, 0.1) is 13.2 Å². The molecule has 0 aromatic heterocycles. The predicted molar refractivity (Wildman–Crippen MR) is 169 cm³/mol. The van der Waals surface area contributed by atoms with Crippen molar-refractivity contribution in [3.63, 3.8) is 0 Å². The van der Waals surface area contributed by atoms with Gasteiger partial charge in [-0.2, -0.15) is 0 Å². The molecule has 0 spiro atoms. The van der Waals surface area contributed by atoms with Crippen molar-refractivity contribution in [1.82, 2.24) is 5.32 Å². The van der Waals surface area contributed by atoms with E-state index in [9.17, 15) is 24.2 Å². The molecule has 9 nitrogen and oxygen atoms in total. The second-order valence-electron chi connectivity index (χ2n) is 11.5. The summed E-state index contributed by atoms with van der Waals surface area (Å²) >= 11 is 0. The number of amides is 1. The number of aliphatic hydroxyl groups is 1. The maximum Gasteiger partial charge on any atom is 0.472 e. The molecule has 0 saturated heterocycles. The van der Waals surface area contributed by atoms with Crippen molar-refractivity contribution in [1.29, 1.82) is 0 Å². The summed E-state index contributed by atoms with van der Waals surface area (Å²) in [5.41, 5.74) is 0. The monoisotopic (exact) mass is 621 g/mol. The van der Waals surface area contributed by atoms with Crippen molar-refractivity contribution in [3.05, 3.63) is 0 Å². The summed E-state index contributed by atoms with van der Waals surface area (Å²) in [6.07, 6.45) is 25.5. The van der Waals surface area contributed by atoms with Crippen LogP contribution in [0, 0.1) is 0 Å². The van der Waals surface area contributed by atoms with Crippen LogP contribution in [0.15, 0.2) is 0 Å². The summed E-state index contributed by atoms with van der Waals surface area (Å²) in [6.45, 7) is 3.36. The van der Waals surface area contributed by atoms with Gasteiger partial charge in [0.25, 0.3) is 0 Å². The van der Waals surface area contributed by atoms with Crippen molar-refractivity contribution in [2.75, 3.05) is 26.4 Å². The third-order valence-electron chi connectivity index (χ3n) is 7.29. The molecule has 0 aliphatic rings. The van der Waals surface area contributed by atoms with Crippen LogP contribution in [0.1, 0.15) is 162 Å². The average Bonchev–Trinajstić information content (AvgIpc) is 2.97. The lowest BCUT2D eigenvalue weighted by atomic mass is 10.0. The molecule has 0 aromatic carbocycles. The molecule has 250 valence electrons. The first-order chi connectivity index (χ1) is 20.3. The number of hydrogen-bond acceptors (Lipinski definition) is 7. The molecule has 0 heterocycles. The first-order valence-electron chi connectivity index (χ1n) is 17.0. The van der Waals surface area contributed by atoms with E-state index in [0.717, 1.165) is 38.5 Å². The first kappa shape index (κ1) is 41.0. The maximum absolute atomic E-state index is 12.0. The van der Waals surface area contributed by atoms with Crippen LogP contribution >= 0.6 is 7.82 Å². The van der Waals surface area contributed by atoms with Gasteiger partial charge < -0.3 is 20.1 Å². The topological polar surface area (TPSA) is 131 Å². The number of phosphoric ester groups is 1. The second-order valence-corrected chi connectivity index (χ2v) is 13.0. The minimum atomic E-state index is -4.38. The molecule has 0 bridgehead atoms. The van der Waals surface area contributed by atoms with Crippen molar-refractivity contribution < 1.29 is 37.9 Å². The zero-order chi connectivity index (χ0) is 31.2. The summed E-state index contributed by atoms with van der Waals surface area (Å²) in [7, 11) is -4.38.